The van der Waals surface area contributed by atoms with Crippen LogP contribution in [0.25, 0.3) is 0 Å². The number of carbonyl (C=O) groups excluding carboxylic acids is 1. The molecular formula is C11H12O2. The first-order valence-electron chi connectivity index (χ1n) is 4.61. The Labute approximate surface area is 77.5 Å². The van der Waals surface area contributed by atoms with Gasteiger partial charge in [-0.1, -0.05) is 30.3 Å². The molecule has 0 radical (unpaired) electrons. The summed E-state index contributed by atoms with van der Waals surface area (Å²) in [6, 6.07) is 9.91. The van der Waals surface area contributed by atoms with E-state index in [4.69, 9.17) is 4.74 Å². The molecule has 0 aliphatic carbocycles. The molecule has 0 aromatic heterocycles. The van der Waals surface area contributed by atoms with Crippen LogP contribution in [0.1, 0.15) is 30.9 Å². The monoisotopic (exact) mass is 176 g/mol. The van der Waals surface area contributed by atoms with Crippen LogP contribution in [0.2, 0.25) is 0 Å². The lowest BCUT2D eigenvalue weighted by Gasteiger charge is -2.22. The van der Waals surface area contributed by atoms with Crippen molar-refractivity contribution in [3.8, 4) is 0 Å². The first-order chi connectivity index (χ1) is 6.36. The molecule has 0 N–H and O–H groups in total. The van der Waals surface area contributed by atoms with Crippen molar-refractivity contribution in [2.75, 3.05) is 0 Å². The number of hydrogen-bond donors (Lipinski definition) is 0. The molecule has 1 aromatic rings. The minimum atomic E-state index is -0.0693. The predicted molar refractivity (Wildman–Crippen MR) is 49.1 cm³/mol. The Balaban J connectivity index is 2.13. The highest BCUT2D eigenvalue weighted by Crippen LogP contribution is 2.27. The summed E-state index contributed by atoms with van der Waals surface area (Å²) >= 11 is 0. The molecule has 13 heavy (non-hydrogen) atoms. The molecule has 1 saturated heterocycles. The molecule has 0 spiro atoms. The van der Waals surface area contributed by atoms with Crippen LogP contribution in [-0.2, 0) is 9.53 Å². The largest absolute Gasteiger partial charge is 0.457 e. The molecule has 1 aliphatic heterocycles. The van der Waals surface area contributed by atoms with Crippen molar-refractivity contribution in [1.29, 1.82) is 0 Å². The summed E-state index contributed by atoms with van der Waals surface area (Å²) in [5.74, 6) is -0.0693. The summed E-state index contributed by atoms with van der Waals surface area (Å²) in [7, 11) is 0. The van der Waals surface area contributed by atoms with Gasteiger partial charge >= 0.3 is 5.97 Å². The number of esters is 1. The number of rotatable bonds is 1. The zero-order valence-electron chi connectivity index (χ0n) is 7.40. The van der Waals surface area contributed by atoms with E-state index in [-0.39, 0.29) is 12.1 Å². The minimum Gasteiger partial charge on any atom is -0.457 e. The average Bonchev–Trinajstić information content (AvgIpc) is 2.19. The van der Waals surface area contributed by atoms with Crippen LogP contribution in [0.5, 0.6) is 0 Å². The fourth-order valence-electron chi connectivity index (χ4n) is 1.61. The lowest BCUT2D eigenvalue weighted by Crippen LogP contribution is -2.16. The maximum absolute atomic E-state index is 11.0. The van der Waals surface area contributed by atoms with Gasteiger partial charge < -0.3 is 4.74 Å². The predicted octanol–water partition coefficient (Wildman–Crippen LogP) is 2.45. The van der Waals surface area contributed by atoms with Gasteiger partial charge in [0.2, 0.25) is 0 Å². The second-order valence-electron chi connectivity index (χ2n) is 3.28. The van der Waals surface area contributed by atoms with Crippen molar-refractivity contribution in [3.63, 3.8) is 0 Å². The fraction of sp³-hybridized carbons (Fsp3) is 0.364. The van der Waals surface area contributed by atoms with Crippen molar-refractivity contribution in [2.24, 2.45) is 0 Å². The SMILES string of the molecule is O=C1CCC[C@@H](c2ccccc2)O1. The number of benzene rings is 1. The van der Waals surface area contributed by atoms with E-state index in [1.807, 2.05) is 30.3 Å². The quantitative estimate of drug-likeness (QED) is 0.614. The normalized spacial score (nSPS) is 22.5. The van der Waals surface area contributed by atoms with Crippen molar-refractivity contribution in [1.82, 2.24) is 0 Å². The summed E-state index contributed by atoms with van der Waals surface area (Å²) < 4.78 is 5.23. The van der Waals surface area contributed by atoms with Gasteiger partial charge in [-0.3, -0.25) is 4.79 Å². The fourth-order valence-corrected chi connectivity index (χ4v) is 1.61. The third-order valence-electron chi connectivity index (χ3n) is 2.29. The van der Waals surface area contributed by atoms with Crippen molar-refractivity contribution in [3.05, 3.63) is 35.9 Å². The Kier molecular flexibility index (Phi) is 2.30. The molecule has 2 heteroatoms. The van der Waals surface area contributed by atoms with Crippen LogP contribution in [0, 0.1) is 0 Å². The lowest BCUT2D eigenvalue weighted by molar-refractivity contribution is -0.154. The van der Waals surface area contributed by atoms with Crippen LogP contribution in [0.3, 0.4) is 0 Å². The van der Waals surface area contributed by atoms with Gasteiger partial charge in [-0.05, 0) is 18.4 Å². The lowest BCUT2D eigenvalue weighted by atomic mass is 10.0. The minimum absolute atomic E-state index is 0.0116. The van der Waals surface area contributed by atoms with Gasteiger partial charge in [0.1, 0.15) is 6.10 Å². The maximum atomic E-state index is 11.0. The van der Waals surface area contributed by atoms with E-state index in [9.17, 15) is 4.79 Å². The number of hydrogen-bond acceptors (Lipinski definition) is 2. The van der Waals surface area contributed by atoms with Crippen LogP contribution < -0.4 is 0 Å². The van der Waals surface area contributed by atoms with Crippen molar-refractivity contribution >= 4 is 5.97 Å². The third kappa shape index (κ3) is 1.89. The summed E-state index contributed by atoms with van der Waals surface area (Å²) in [5, 5.41) is 0. The Morgan fingerprint density at radius 3 is 2.69 bits per heavy atom. The smallest absolute Gasteiger partial charge is 0.306 e. The average molecular weight is 176 g/mol. The summed E-state index contributed by atoms with van der Waals surface area (Å²) in [6.07, 6.45) is 2.46. The topological polar surface area (TPSA) is 26.3 Å². The molecule has 0 unspecified atom stereocenters. The molecule has 2 rings (SSSR count). The van der Waals surface area contributed by atoms with E-state index in [1.54, 1.807) is 0 Å². The molecule has 0 saturated carbocycles. The number of cyclic esters (lactones) is 1. The van der Waals surface area contributed by atoms with E-state index in [1.165, 1.54) is 0 Å². The summed E-state index contributed by atoms with van der Waals surface area (Å²) in [5.41, 5.74) is 1.11. The zero-order chi connectivity index (χ0) is 9.10. The molecule has 0 amide bonds. The highest BCUT2D eigenvalue weighted by Gasteiger charge is 2.21. The van der Waals surface area contributed by atoms with E-state index < -0.39 is 0 Å². The number of ether oxygens (including phenoxy) is 1. The van der Waals surface area contributed by atoms with Crippen LogP contribution in [0.4, 0.5) is 0 Å². The highest BCUT2D eigenvalue weighted by molar-refractivity contribution is 5.70. The molecule has 1 aliphatic rings. The summed E-state index contributed by atoms with van der Waals surface area (Å²) in [6.45, 7) is 0. The van der Waals surface area contributed by atoms with Crippen molar-refractivity contribution in [2.45, 2.75) is 25.4 Å². The molecule has 1 heterocycles. The molecule has 2 nitrogen and oxygen atoms in total. The molecule has 1 fully saturated rings. The Hall–Kier alpha value is -1.31. The molecule has 1 aromatic carbocycles. The Morgan fingerprint density at radius 1 is 1.23 bits per heavy atom. The molecule has 0 bridgehead atoms. The summed E-state index contributed by atoms with van der Waals surface area (Å²) in [4.78, 5) is 11.0. The Morgan fingerprint density at radius 2 is 2.00 bits per heavy atom. The third-order valence-corrected chi connectivity index (χ3v) is 2.29. The van der Waals surface area contributed by atoms with E-state index in [0.29, 0.717) is 6.42 Å². The van der Waals surface area contributed by atoms with Crippen molar-refractivity contribution < 1.29 is 9.53 Å². The zero-order valence-corrected chi connectivity index (χ0v) is 7.40. The standard InChI is InChI=1S/C11H12O2/c12-11-8-4-7-10(13-11)9-5-2-1-3-6-9/h1-3,5-6,10H,4,7-8H2/t10-/m0/s1. The van der Waals surface area contributed by atoms with Gasteiger partial charge in [0, 0.05) is 6.42 Å². The number of carbonyl (C=O) groups is 1. The van der Waals surface area contributed by atoms with Crippen LogP contribution >= 0.6 is 0 Å². The van der Waals surface area contributed by atoms with Gasteiger partial charge in [-0.15, -0.1) is 0 Å². The highest BCUT2D eigenvalue weighted by atomic mass is 16.5. The van der Waals surface area contributed by atoms with Gasteiger partial charge in [-0.25, -0.2) is 0 Å². The second-order valence-corrected chi connectivity index (χ2v) is 3.28. The molecule has 68 valence electrons. The molecular weight excluding hydrogens is 164 g/mol. The van der Waals surface area contributed by atoms with Gasteiger partial charge in [0.25, 0.3) is 0 Å². The van der Waals surface area contributed by atoms with E-state index in [2.05, 4.69) is 0 Å². The molecule has 1 atom stereocenters. The maximum Gasteiger partial charge on any atom is 0.306 e. The first kappa shape index (κ1) is 8.30. The van der Waals surface area contributed by atoms with E-state index >= 15 is 0 Å². The second kappa shape index (κ2) is 3.60. The van der Waals surface area contributed by atoms with Gasteiger partial charge in [0.15, 0.2) is 0 Å². The van der Waals surface area contributed by atoms with Crippen LogP contribution in [-0.4, -0.2) is 5.97 Å². The Bertz CT molecular complexity index is 292. The first-order valence-corrected chi connectivity index (χ1v) is 4.61. The van der Waals surface area contributed by atoms with E-state index in [0.717, 1.165) is 18.4 Å². The van der Waals surface area contributed by atoms with Crippen LogP contribution in [0.15, 0.2) is 30.3 Å². The van der Waals surface area contributed by atoms with Gasteiger partial charge in [-0.2, -0.15) is 0 Å². The van der Waals surface area contributed by atoms with Gasteiger partial charge in [0.05, 0.1) is 0 Å².